The number of benzene rings is 1. The minimum atomic E-state index is -0.169. The zero-order chi connectivity index (χ0) is 12.4. The summed E-state index contributed by atoms with van der Waals surface area (Å²) >= 11 is 0. The summed E-state index contributed by atoms with van der Waals surface area (Å²) in [4.78, 5) is 2.17. The third kappa shape index (κ3) is 2.49. The number of hydrogen-bond acceptors (Lipinski definition) is 3. The van der Waals surface area contributed by atoms with Crippen LogP contribution in [0.15, 0.2) is 18.2 Å². The molecule has 1 fully saturated rings. The van der Waals surface area contributed by atoms with Crippen molar-refractivity contribution in [1.82, 2.24) is 4.90 Å². The fourth-order valence-electron chi connectivity index (χ4n) is 2.32. The van der Waals surface area contributed by atoms with Gasteiger partial charge >= 0.3 is 0 Å². The Hall–Kier alpha value is -0.970. The van der Waals surface area contributed by atoms with Crippen molar-refractivity contribution < 1.29 is 9.13 Å². The molecule has 2 unspecified atom stereocenters. The molecule has 1 saturated heterocycles. The van der Waals surface area contributed by atoms with E-state index in [1.165, 1.54) is 0 Å². The monoisotopic (exact) mass is 238 g/mol. The van der Waals surface area contributed by atoms with Gasteiger partial charge < -0.3 is 10.5 Å². The maximum absolute atomic E-state index is 13.6. The summed E-state index contributed by atoms with van der Waals surface area (Å²) in [5, 5.41) is 0. The second-order valence-electron chi connectivity index (χ2n) is 4.58. The molecule has 3 nitrogen and oxygen atoms in total. The first-order chi connectivity index (χ1) is 8.13. The molecule has 94 valence electrons. The maximum Gasteiger partial charge on any atom is 0.126 e. The van der Waals surface area contributed by atoms with Gasteiger partial charge in [0.25, 0.3) is 0 Å². The molecule has 0 bridgehead atoms. The zero-order valence-corrected chi connectivity index (χ0v) is 10.3. The Morgan fingerprint density at radius 3 is 2.94 bits per heavy atom. The molecule has 2 N–H and O–H groups in total. The summed E-state index contributed by atoms with van der Waals surface area (Å²) in [6.45, 7) is 3.74. The summed E-state index contributed by atoms with van der Waals surface area (Å²) in [7, 11) is 2.02. The number of nitrogens with two attached hydrogens (primary N) is 1. The van der Waals surface area contributed by atoms with Crippen LogP contribution in [0.25, 0.3) is 0 Å². The molecule has 4 heteroatoms. The van der Waals surface area contributed by atoms with E-state index in [2.05, 4.69) is 4.90 Å². The lowest BCUT2D eigenvalue weighted by atomic mass is 9.97. The summed E-state index contributed by atoms with van der Waals surface area (Å²) in [6, 6.07) is 5.40. The van der Waals surface area contributed by atoms with Crippen LogP contribution < -0.4 is 5.73 Å². The minimum absolute atomic E-state index is 0.0452. The van der Waals surface area contributed by atoms with E-state index in [-0.39, 0.29) is 18.0 Å². The Kier molecular flexibility index (Phi) is 3.76. The Labute approximate surface area is 101 Å². The molecule has 1 heterocycles. The lowest BCUT2D eigenvalue weighted by Crippen LogP contribution is -2.46. The molecule has 0 aromatic heterocycles. The van der Waals surface area contributed by atoms with E-state index in [9.17, 15) is 4.39 Å². The van der Waals surface area contributed by atoms with Gasteiger partial charge in [-0.2, -0.15) is 0 Å². The van der Waals surface area contributed by atoms with E-state index < -0.39 is 0 Å². The first-order valence-corrected chi connectivity index (χ1v) is 5.91. The van der Waals surface area contributed by atoms with Gasteiger partial charge in [-0.1, -0.05) is 12.1 Å². The third-order valence-electron chi connectivity index (χ3n) is 3.37. The van der Waals surface area contributed by atoms with E-state index in [4.69, 9.17) is 10.5 Å². The number of rotatable bonds is 2. The average Bonchev–Trinajstić information content (AvgIpc) is 2.32. The van der Waals surface area contributed by atoms with Gasteiger partial charge in [0.2, 0.25) is 0 Å². The molecule has 0 aliphatic carbocycles. The lowest BCUT2D eigenvalue weighted by molar-refractivity contribution is -0.0577. The number of nitrogens with zero attached hydrogens (tertiary/aromatic N) is 1. The highest BCUT2D eigenvalue weighted by Gasteiger charge is 2.30. The van der Waals surface area contributed by atoms with Crippen molar-refractivity contribution >= 4 is 0 Å². The molecule has 0 spiro atoms. The highest BCUT2D eigenvalue weighted by Crippen LogP contribution is 2.28. The van der Waals surface area contributed by atoms with Crippen molar-refractivity contribution in [3.05, 3.63) is 35.1 Å². The van der Waals surface area contributed by atoms with Gasteiger partial charge in [-0.05, 0) is 31.2 Å². The van der Waals surface area contributed by atoms with Crippen LogP contribution in [0.2, 0.25) is 0 Å². The Morgan fingerprint density at radius 2 is 2.29 bits per heavy atom. The molecule has 1 aliphatic rings. The van der Waals surface area contributed by atoms with Crippen LogP contribution in [0.3, 0.4) is 0 Å². The standard InChI is InChI=1S/C13H19FN2O/c1-9-3-4-10(7-11(9)14)13-12(8-15)17-6-5-16(13)2/h3-4,7,12-13H,5-6,8,15H2,1-2H3. The highest BCUT2D eigenvalue weighted by molar-refractivity contribution is 5.27. The predicted octanol–water partition coefficient (Wildman–Crippen LogP) is 1.46. The molecule has 0 radical (unpaired) electrons. The second-order valence-corrected chi connectivity index (χ2v) is 4.58. The molecule has 17 heavy (non-hydrogen) atoms. The predicted molar refractivity (Wildman–Crippen MR) is 65.3 cm³/mol. The smallest absolute Gasteiger partial charge is 0.126 e. The van der Waals surface area contributed by atoms with Crippen LogP contribution in [-0.4, -0.2) is 37.7 Å². The molecule has 1 aliphatic heterocycles. The van der Waals surface area contributed by atoms with Crippen LogP contribution >= 0.6 is 0 Å². The Balaban J connectivity index is 2.31. The van der Waals surface area contributed by atoms with Crippen molar-refractivity contribution in [2.45, 2.75) is 19.1 Å². The van der Waals surface area contributed by atoms with Gasteiger partial charge in [-0.3, -0.25) is 4.90 Å². The molecule has 2 rings (SSSR count). The zero-order valence-electron chi connectivity index (χ0n) is 10.3. The van der Waals surface area contributed by atoms with Crippen molar-refractivity contribution in [1.29, 1.82) is 0 Å². The first-order valence-electron chi connectivity index (χ1n) is 5.91. The van der Waals surface area contributed by atoms with Crippen molar-refractivity contribution in [3.8, 4) is 0 Å². The third-order valence-corrected chi connectivity index (χ3v) is 3.37. The van der Waals surface area contributed by atoms with Crippen LogP contribution in [0.5, 0.6) is 0 Å². The van der Waals surface area contributed by atoms with E-state index in [0.717, 1.165) is 12.1 Å². The van der Waals surface area contributed by atoms with Gasteiger partial charge in [0.1, 0.15) is 5.82 Å². The SMILES string of the molecule is Cc1ccc(C2C(CN)OCCN2C)cc1F. The molecular weight excluding hydrogens is 219 g/mol. The van der Waals surface area contributed by atoms with Gasteiger partial charge in [-0.15, -0.1) is 0 Å². The fourth-order valence-corrected chi connectivity index (χ4v) is 2.32. The van der Waals surface area contributed by atoms with Gasteiger partial charge in [0.05, 0.1) is 18.8 Å². The van der Waals surface area contributed by atoms with Gasteiger partial charge in [0, 0.05) is 13.1 Å². The molecule has 0 amide bonds. The fraction of sp³-hybridized carbons (Fsp3) is 0.538. The molecule has 1 aromatic rings. The summed E-state index contributed by atoms with van der Waals surface area (Å²) in [5.74, 6) is -0.169. The van der Waals surface area contributed by atoms with Crippen LogP contribution in [0.4, 0.5) is 4.39 Å². The van der Waals surface area contributed by atoms with Crippen LogP contribution in [-0.2, 0) is 4.74 Å². The maximum atomic E-state index is 13.6. The largest absolute Gasteiger partial charge is 0.374 e. The summed E-state index contributed by atoms with van der Waals surface area (Å²) in [6.07, 6.45) is -0.0594. The molecule has 1 aromatic carbocycles. The quantitative estimate of drug-likeness (QED) is 0.848. The van der Waals surface area contributed by atoms with Gasteiger partial charge in [0.15, 0.2) is 0 Å². The Bertz CT molecular complexity index is 397. The first kappa shape index (κ1) is 12.5. The number of aryl methyl sites for hydroxylation is 1. The number of halogens is 1. The van der Waals surface area contributed by atoms with Crippen molar-refractivity contribution in [3.63, 3.8) is 0 Å². The minimum Gasteiger partial charge on any atom is -0.374 e. The number of morpholine rings is 1. The van der Waals surface area contributed by atoms with Crippen molar-refractivity contribution in [2.75, 3.05) is 26.7 Å². The number of likely N-dealkylation sites (N-methyl/N-ethyl adjacent to an activating group) is 1. The number of ether oxygens (including phenoxy) is 1. The molecular formula is C13H19FN2O. The normalized spacial score (nSPS) is 26.1. The van der Waals surface area contributed by atoms with E-state index in [1.54, 1.807) is 19.1 Å². The summed E-state index contributed by atoms with van der Waals surface area (Å²) < 4.78 is 19.2. The Morgan fingerprint density at radius 1 is 1.53 bits per heavy atom. The van der Waals surface area contributed by atoms with Crippen LogP contribution in [0, 0.1) is 12.7 Å². The van der Waals surface area contributed by atoms with Gasteiger partial charge in [-0.25, -0.2) is 4.39 Å². The van der Waals surface area contributed by atoms with Crippen LogP contribution in [0.1, 0.15) is 17.2 Å². The highest BCUT2D eigenvalue weighted by atomic mass is 19.1. The summed E-state index contributed by atoms with van der Waals surface area (Å²) in [5.41, 5.74) is 7.32. The van der Waals surface area contributed by atoms with E-state index >= 15 is 0 Å². The number of hydrogen-bond donors (Lipinski definition) is 1. The molecule has 0 saturated carbocycles. The average molecular weight is 238 g/mol. The van der Waals surface area contributed by atoms with E-state index in [1.807, 2.05) is 13.1 Å². The van der Waals surface area contributed by atoms with Crippen molar-refractivity contribution in [2.24, 2.45) is 5.73 Å². The molecule has 2 atom stereocenters. The lowest BCUT2D eigenvalue weighted by Gasteiger charge is -2.39. The topological polar surface area (TPSA) is 38.5 Å². The van der Waals surface area contributed by atoms with E-state index in [0.29, 0.717) is 18.7 Å². The second kappa shape index (κ2) is 5.12.